The molecular formula is C11H19N3O2S. The molecule has 4 unspecified atom stereocenters. The van der Waals surface area contributed by atoms with Crippen molar-refractivity contribution in [2.75, 3.05) is 13.1 Å². The van der Waals surface area contributed by atoms with Gasteiger partial charge in [0.05, 0.1) is 6.07 Å². The maximum absolute atomic E-state index is 12.4. The number of nitrogens with zero attached hydrogens (tertiary/aromatic N) is 2. The average Bonchev–Trinajstić information content (AvgIpc) is 2.77. The highest BCUT2D eigenvalue weighted by molar-refractivity contribution is 7.90. The highest BCUT2D eigenvalue weighted by atomic mass is 32.2. The molecule has 5 nitrogen and oxygen atoms in total. The summed E-state index contributed by atoms with van der Waals surface area (Å²) in [6, 6.07) is 2.00. The first-order chi connectivity index (χ1) is 8.02. The summed E-state index contributed by atoms with van der Waals surface area (Å²) in [5.41, 5.74) is 0. The Morgan fingerprint density at radius 2 is 2.24 bits per heavy atom. The zero-order valence-corrected chi connectivity index (χ0v) is 11.1. The quantitative estimate of drug-likeness (QED) is 0.789. The molecule has 0 spiro atoms. The van der Waals surface area contributed by atoms with Gasteiger partial charge in [-0.2, -0.15) is 9.57 Å². The lowest BCUT2D eigenvalue weighted by atomic mass is 10.0. The first-order valence-corrected chi connectivity index (χ1v) is 7.65. The molecule has 2 aliphatic rings. The summed E-state index contributed by atoms with van der Waals surface area (Å²) in [6.07, 6.45) is 1.26. The van der Waals surface area contributed by atoms with Crippen molar-refractivity contribution in [2.45, 2.75) is 44.0 Å². The Hall–Kier alpha value is -0.640. The fraction of sp³-hybridized carbons (Fsp3) is 0.909. The van der Waals surface area contributed by atoms with Crippen molar-refractivity contribution in [1.82, 2.24) is 9.62 Å². The SMILES string of the molecule is CCC(C#N)S(=O)(=O)N1C(C)CC2CNCC21. The summed E-state index contributed by atoms with van der Waals surface area (Å²) in [6.45, 7) is 5.30. The smallest absolute Gasteiger partial charge is 0.231 e. The lowest BCUT2D eigenvalue weighted by molar-refractivity contribution is 0.333. The summed E-state index contributed by atoms with van der Waals surface area (Å²) in [5, 5.41) is 11.3. The zero-order chi connectivity index (χ0) is 12.6. The third kappa shape index (κ3) is 1.96. The van der Waals surface area contributed by atoms with Crippen molar-refractivity contribution in [1.29, 1.82) is 5.26 Å². The summed E-state index contributed by atoms with van der Waals surface area (Å²) < 4.78 is 26.4. The Labute approximate surface area is 103 Å². The lowest BCUT2D eigenvalue weighted by Crippen LogP contribution is -2.46. The van der Waals surface area contributed by atoms with Crippen LogP contribution in [0.1, 0.15) is 26.7 Å². The minimum Gasteiger partial charge on any atom is -0.315 e. The van der Waals surface area contributed by atoms with E-state index in [9.17, 15) is 8.42 Å². The Morgan fingerprint density at radius 1 is 1.53 bits per heavy atom. The standard InChI is InChI=1S/C11H19N3O2S/c1-3-10(5-12)17(15,16)14-8(2)4-9-6-13-7-11(9)14/h8-11,13H,3-4,6-7H2,1-2H3. The minimum atomic E-state index is -3.47. The molecule has 17 heavy (non-hydrogen) atoms. The van der Waals surface area contributed by atoms with Crippen LogP contribution in [0.2, 0.25) is 0 Å². The summed E-state index contributed by atoms with van der Waals surface area (Å²) in [4.78, 5) is 0. The van der Waals surface area contributed by atoms with E-state index in [2.05, 4.69) is 5.32 Å². The molecule has 0 bridgehead atoms. The van der Waals surface area contributed by atoms with Gasteiger partial charge in [-0.1, -0.05) is 6.92 Å². The van der Waals surface area contributed by atoms with Gasteiger partial charge in [0.15, 0.2) is 5.25 Å². The summed E-state index contributed by atoms with van der Waals surface area (Å²) in [7, 11) is -3.47. The molecule has 0 radical (unpaired) electrons. The Bertz CT molecular complexity index is 428. The minimum absolute atomic E-state index is 0.0273. The van der Waals surface area contributed by atoms with Crippen LogP contribution in [0.3, 0.4) is 0 Å². The Morgan fingerprint density at radius 3 is 2.82 bits per heavy atom. The van der Waals surface area contributed by atoms with Gasteiger partial charge in [-0.05, 0) is 32.2 Å². The van der Waals surface area contributed by atoms with Gasteiger partial charge in [0.1, 0.15) is 0 Å². The van der Waals surface area contributed by atoms with Gasteiger partial charge < -0.3 is 5.32 Å². The Balaban J connectivity index is 2.30. The number of hydrogen-bond donors (Lipinski definition) is 1. The summed E-state index contributed by atoms with van der Waals surface area (Å²) in [5.74, 6) is 0.413. The monoisotopic (exact) mass is 257 g/mol. The van der Waals surface area contributed by atoms with E-state index in [0.29, 0.717) is 12.3 Å². The molecule has 4 atom stereocenters. The molecule has 1 N–H and O–H groups in total. The molecule has 0 aliphatic carbocycles. The van der Waals surface area contributed by atoms with Gasteiger partial charge in [-0.25, -0.2) is 8.42 Å². The van der Waals surface area contributed by atoms with Crippen LogP contribution in [0, 0.1) is 17.2 Å². The number of sulfonamides is 1. The van der Waals surface area contributed by atoms with Crippen LogP contribution in [-0.2, 0) is 10.0 Å². The molecular weight excluding hydrogens is 238 g/mol. The van der Waals surface area contributed by atoms with Crippen molar-refractivity contribution in [3.63, 3.8) is 0 Å². The van der Waals surface area contributed by atoms with E-state index in [4.69, 9.17) is 5.26 Å². The first-order valence-electron chi connectivity index (χ1n) is 6.15. The van der Waals surface area contributed by atoms with Crippen LogP contribution in [-0.4, -0.2) is 43.1 Å². The van der Waals surface area contributed by atoms with Gasteiger partial charge in [-0.3, -0.25) is 0 Å². The largest absolute Gasteiger partial charge is 0.315 e. The van der Waals surface area contributed by atoms with Crippen LogP contribution < -0.4 is 5.32 Å². The van der Waals surface area contributed by atoms with Crippen LogP contribution >= 0.6 is 0 Å². The number of hydrogen-bond acceptors (Lipinski definition) is 4. The van der Waals surface area contributed by atoms with E-state index < -0.39 is 15.3 Å². The molecule has 0 saturated carbocycles. The van der Waals surface area contributed by atoms with Crippen LogP contribution in [0.4, 0.5) is 0 Å². The predicted octanol–water partition coefficient (Wildman–Crippen LogP) is 0.301. The van der Waals surface area contributed by atoms with Crippen molar-refractivity contribution in [3.8, 4) is 6.07 Å². The second kappa shape index (κ2) is 4.56. The van der Waals surface area contributed by atoms with Crippen molar-refractivity contribution < 1.29 is 8.42 Å². The van der Waals surface area contributed by atoms with E-state index >= 15 is 0 Å². The van der Waals surface area contributed by atoms with E-state index in [1.54, 1.807) is 11.2 Å². The molecule has 96 valence electrons. The highest BCUT2D eigenvalue weighted by Crippen LogP contribution is 2.35. The maximum atomic E-state index is 12.4. The Kier molecular flexibility index (Phi) is 3.43. The second-order valence-electron chi connectivity index (χ2n) is 4.97. The normalized spacial score (nSPS) is 35.5. The highest BCUT2D eigenvalue weighted by Gasteiger charge is 2.49. The number of fused-ring (bicyclic) bond motifs is 1. The number of nitriles is 1. The first kappa shape index (κ1) is 12.8. The number of rotatable bonds is 3. The molecule has 0 aromatic carbocycles. The average molecular weight is 257 g/mol. The van der Waals surface area contributed by atoms with Crippen LogP contribution in [0.15, 0.2) is 0 Å². The van der Waals surface area contributed by atoms with Crippen molar-refractivity contribution in [2.24, 2.45) is 5.92 Å². The van der Waals surface area contributed by atoms with Gasteiger partial charge >= 0.3 is 0 Å². The van der Waals surface area contributed by atoms with E-state index in [-0.39, 0.29) is 12.1 Å². The molecule has 2 rings (SSSR count). The molecule has 6 heteroatoms. The fourth-order valence-corrected chi connectivity index (χ4v) is 5.14. The van der Waals surface area contributed by atoms with Crippen LogP contribution in [0.25, 0.3) is 0 Å². The van der Waals surface area contributed by atoms with E-state index in [1.807, 2.05) is 13.0 Å². The van der Waals surface area contributed by atoms with Crippen molar-refractivity contribution in [3.05, 3.63) is 0 Å². The molecule has 2 heterocycles. The molecule has 0 amide bonds. The lowest BCUT2D eigenvalue weighted by Gasteiger charge is -2.28. The van der Waals surface area contributed by atoms with Gasteiger partial charge in [0.2, 0.25) is 10.0 Å². The molecule has 0 aromatic rings. The summed E-state index contributed by atoms with van der Waals surface area (Å²) >= 11 is 0. The van der Waals surface area contributed by atoms with Gasteiger partial charge in [-0.15, -0.1) is 0 Å². The third-order valence-corrected chi connectivity index (χ3v) is 6.25. The molecule has 2 saturated heterocycles. The predicted molar refractivity (Wildman–Crippen MR) is 64.7 cm³/mol. The third-order valence-electron chi connectivity index (χ3n) is 3.88. The maximum Gasteiger partial charge on any atom is 0.231 e. The second-order valence-corrected chi connectivity index (χ2v) is 6.99. The van der Waals surface area contributed by atoms with Gasteiger partial charge in [0, 0.05) is 18.6 Å². The molecule has 0 aromatic heterocycles. The van der Waals surface area contributed by atoms with Crippen molar-refractivity contribution >= 4 is 10.0 Å². The number of nitrogens with one attached hydrogen (secondary N) is 1. The zero-order valence-electron chi connectivity index (χ0n) is 10.3. The topological polar surface area (TPSA) is 73.2 Å². The van der Waals surface area contributed by atoms with Gasteiger partial charge in [0.25, 0.3) is 0 Å². The van der Waals surface area contributed by atoms with E-state index in [1.165, 1.54) is 0 Å². The molecule has 2 aliphatic heterocycles. The fourth-order valence-electron chi connectivity index (χ4n) is 3.08. The van der Waals surface area contributed by atoms with Crippen LogP contribution in [0.5, 0.6) is 0 Å². The van der Waals surface area contributed by atoms with E-state index in [0.717, 1.165) is 19.5 Å². The molecule has 2 fully saturated rings.